The quantitative estimate of drug-likeness (QED) is 0.777. The summed E-state index contributed by atoms with van der Waals surface area (Å²) >= 11 is 0. The van der Waals surface area contributed by atoms with Gasteiger partial charge in [0.15, 0.2) is 0 Å². The van der Waals surface area contributed by atoms with Gasteiger partial charge in [0.05, 0.1) is 6.20 Å². The first-order valence-electron chi connectivity index (χ1n) is 6.17. The minimum atomic E-state index is -0.0954. The highest BCUT2D eigenvalue weighted by Crippen LogP contribution is 2.24. The zero-order chi connectivity index (χ0) is 13.2. The van der Waals surface area contributed by atoms with Crippen molar-refractivity contribution in [2.24, 2.45) is 0 Å². The van der Waals surface area contributed by atoms with Gasteiger partial charge in [0.1, 0.15) is 5.69 Å². The third kappa shape index (κ3) is 2.14. The summed E-state index contributed by atoms with van der Waals surface area (Å²) in [5.41, 5.74) is 9.37. The largest absolute Gasteiger partial charge is 0.398 e. The zero-order valence-corrected chi connectivity index (χ0v) is 10.4. The van der Waals surface area contributed by atoms with Crippen molar-refractivity contribution in [1.29, 1.82) is 0 Å². The van der Waals surface area contributed by atoms with E-state index < -0.39 is 0 Å². The second-order valence-electron chi connectivity index (χ2n) is 4.55. The van der Waals surface area contributed by atoms with Gasteiger partial charge in [-0.15, -0.1) is 0 Å². The first kappa shape index (κ1) is 11.6. The summed E-state index contributed by atoms with van der Waals surface area (Å²) in [6, 6.07) is 5.89. The van der Waals surface area contributed by atoms with Crippen molar-refractivity contribution < 1.29 is 4.79 Å². The van der Waals surface area contributed by atoms with Crippen LogP contribution < -0.4 is 5.73 Å². The Labute approximate surface area is 111 Å². The van der Waals surface area contributed by atoms with Crippen molar-refractivity contribution in [2.75, 3.05) is 12.3 Å². The van der Waals surface area contributed by atoms with Crippen LogP contribution in [0.25, 0.3) is 0 Å². The van der Waals surface area contributed by atoms with Crippen LogP contribution in [0.15, 0.2) is 36.8 Å². The molecule has 96 valence electrons. The van der Waals surface area contributed by atoms with E-state index in [1.807, 2.05) is 12.1 Å². The average Bonchev–Trinajstić information content (AvgIpc) is 2.47. The number of nitrogens with two attached hydrogens (primary N) is 1. The van der Waals surface area contributed by atoms with Gasteiger partial charge in [-0.3, -0.25) is 9.78 Å². The number of carbonyl (C=O) groups excluding carboxylic acids is 1. The molecule has 1 aromatic heterocycles. The third-order valence-electron chi connectivity index (χ3n) is 3.38. The molecular weight excluding hydrogens is 240 g/mol. The molecule has 19 heavy (non-hydrogen) atoms. The summed E-state index contributed by atoms with van der Waals surface area (Å²) in [6.07, 6.45) is 5.40. The average molecular weight is 254 g/mol. The Morgan fingerprint density at radius 1 is 1.32 bits per heavy atom. The minimum absolute atomic E-state index is 0.0954. The topological polar surface area (TPSA) is 72.1 Å². The fourth-order valence-corrected chi connectivity index (χ4v) is 2.35. The number of aromatic nitrogens is 2. The van der Waals surface area contributed by atoms with Crippen LogP contribution in [0.3, 0.4) is 0 Å². The smallest absolute Gasteiger partial charge is 0.274 e. The van der Waals surface area contributed by atoms with Crippen LogP contribution in [0.1, 0.15) is 21.6 Å². The van der Waals surface area contributed by atoms with Crippen LogP contribution in [0, 0.1) is 0 Å². The molecule has 2 aromatic rings. The molecule has 5 nitrogen and oxygen atoms in total. The Bertz CT molecular complexity index is 612. The van der Waals surface area contributed by atoms with Crippen LogP contribution in [0.2, 0.25) is 0 Å². The van der Waals surface area contributed by atoms with Gasteiger partial charge >= 0.3 is 0 Å². The lowest BCUT2D eigenvalue weighted by Gasteiger charge is -2.29. The Morgan fingerprint density at radius 3 is 3.00 bits per heavy atom. The molecule has 1 aliphatic heterocycles. The number of amides is 1. The SMILES string of the molecule is Nc1cccc2c1CN(C(=O)c1cnccn1)CC2. The molecule has 1 amide bonds. The summed E-state index contributed by atoms with van der Waals surface area (Å²) in [5, 5.41) is 0. The zero-order valence-electron chi connectivity index (χ0n) is 10.4. The van der Waals surface area contributed by atoms with Gasteiger partial charge in [-0.2, -0.15) is 0 Å². The van der Waals surface area contributed by atoms with E-state index >= 15 is 0 Å². The predicted octanol–water partition coefficient (Wildman–Crippen LogP) is 1.26. The maximum absolute atomic E-state index is 12.3. The highest BCUT2D eigenvalue weighted by atomic mass is 16.2. The highest BCUT2D eigenvalue weighted by Gasteiger charge is 2.23. The number of nitrogens with zero attached hydrogens (tertiary/aromatic N) is 3. The molecule has 0 radical (unpaired) electrons. The molecule has 0 aliphatic carbocycles. The molecule has 3 rings (SSSR count). The molecule has 0 bridgehead atoms. The van der Waals surface area contributed by atoms with Gasteiger partial charge in [0, 0.05) is 31.2 Å². The summed E-state index contributed by atoms with van der Waals surface area (Å²) in [4.78, 5) is 22.0. The van der Waals surface area contributed by atoms with E-state index in [1.54, 1.807) is 11.1 Å². The molecule has 1 aliphatic rings. The summed E-state index contributed by atoms with van der Waals surface area (Å²) in [7, 11) is 0. The minimum Gasteiger partial charge on any atom is -0.398 e. The van der Waals surface area contributed by atoms with Crippen molar-refractivity contribution in [3.63, 3.8) is 0 Å². The molecule has 2 heterocycles. The van der Waals surface area contributed by atoms with E-state index in [4.69, 9.17) is 5.73 Å². The molecule has 0 atom stereocenters. The molecule has 5 heteroatoms. The van der Waals surface area contributed by atoms with Crippen LogP contribution >= 0.6 is 0 Å². The van der Waals surface area contributed by atoms with Gasteiger partial charge in [-0.1, -0.05) is 12.1 Å². The number of fused-ring (bicyclic) bond motifs is 1. The first-order chi connectivity index (χ1) is 9.25. The summed E-state index contributed by atoms with van der Waals surface area (Å²) in [5.74, 6) is -0.0954. The summed E-state index contributed by atoms with van der Waals surface area (Å²) in [6.45, 7) is 1.23. The van der Waals surface area contributed by atoms with E-state index in [0.29, 0.717) is 18.8 Å². The van der Waals surface area contributed by atoms with E-state index in [9.17, 15) is 4.79 Å². The van der Waals surface area contributed by atoms with Crippen LogP contribution in [0.4, 0.5) is 5.69 Å². The highest BCUT2D eigenvalue weighted by molar-refractivity contribution is 5.92. The Kier molecular flexibility index (Phi) is 2.87. The normalized spacial score (nSPS) is 14.0. The van der Waals surface area contributed by atoms with E-state index in [1.165, 1.54) is 18.0 Å². The van der Waals surface area contributed by atoms with Gasteiger partial charge < -0.3 is 10.6 Å². The van der Waals surface area contributed by atoms with Crippen LogP contribution in [-0.4, -0.2) is 27.3 Å². The number of rotatable bonds is 1. The molecule has 0 fully saturated rings. The van der Waals surface area contributed by atoms with Crippen LogP contribution in [0.5, 0.6) is 0 Å². The number of hydrogen-bond acceptors (Lipinski definition) is 4. The van der Waals surface area contributed by atoms with Crippen molar-refractivity contribution in [3.8, 4) is 0 Å². The van der Waals surface area contributed by atoms with Crippen LogP contribution in [-0.2, 0) is 13.0 Å². The molecule has 0 saturated heterocycles. The lowest BCUT2D eigenvalue weighted by molar-refractivity contribution is 0.0729. The molecule has 1 aromatic carbocycles. The second kappa shape index (κ2) is 4.68. The third-order valence-corrected chi connectivity index (χ3v) is 3.38. The van der Waals surface area contributed by atoms with Crippen molar-refractivity contribution in [3.05, 3.63) is 53.6 Å². The predicted molar refractivity (Wildman–Crippen MR) is 71.3 cm³/mol. The van der Waals surface area contributed by atoms with Gasteiger partial charge in [0.2, 0.25) is 0 Å². The molecule has 0 saturated carbocycles. The lowest BCUT2D eigenvalue weighted by Crippen LogP contribution is -2.36. The number of carbonyl (C=O) groups is 1. The number of benzene rings is 1. The van der Waals surface area contributed by atoms with Crippen molar-refractivity contribution >= 4 is 11.6 Å². The lowest BCUT2D eigenvalue weighted by atomic mass is 9.98. The monoisotopic (exact) mass is 254 g/mol. The van der Waals surface area contributed by atoms with Gasteiger partial charge in [-0.05, 0) is 23.6 Å². The molecule has 0 spiro atoms. The van der Waals surface area contributed by atoms with E-state index in [0.717, 1.165) is 17.7 Å². The van der Waals surface area contributed by atoms with Gasteiger partial charge in [0.25, 0.3) is 5.91 Å². The van der Waals surface area contributed by atoms with Gasteiger partial charge in [-0.25, -0.2) is 4.98 Å². The molecule has 0 unspecified atom stereocenters. The summed E-state index contributed by atoms with van der Waals surface area (Å²) < 4.78 is 0. The Balaban J connectivity index is 1.86. The molecular formula is C14H14N4O. The first-order valence-corrected chi connectivity index (χ1v) is 6.17. The van der Waals surface area contributed by atoms with E-state index in [-0.39, 0.29) is 5.91 Å². The Hall–Kier alpha value is -2.43. The number of nitrogen functional groups attached to an aromatic ring is 1. The van der Waals surface area contributed by atoms with E-state index in [2.05, 4.69) is 16.0 Å². The second-order valence-corrected chi connectivity index (χ2v) is 4.55. The number of anilines is 1. The van der Waals surface area contributed by atoms with Crippen molar-refractivity contribution in [1.82, 2.24) is 14.9 Å². The maximum Gasteiger partial charge on any atom is 0.274 e. The number of hydrogen-bond donors (Lipinski definition) is 1. The fourth-order valence-electron chi connectivity index (χ4n) is 2.35. The standard InChI is InChI=1S/C14H14N4O/c15-12-3-1-2-10-4-7-18(9-11(10)12)14(19)13-8-16-5-6-17-13/h1-3,5-6,8H,4,7,9,15H2. The molecule has 2 N–H and O–H groups in total. The fraction of sp³-hybridized carbons (Fsp3) is 0.214. The Morgan fingerprint density at radius 2 is 2.21 bits per heavy atom. The van der Waals surface area contributed by atoms with Crippen molar-refractivity contribution in [2.45, 2.75) is 13.0 Å². The maximum atomic E-state index is 12.3.